The van der Waals surface area contributed by atoms with Crippen molar-refractivity contribution in [1.29, 1.82) is 0 Å². The number of fused-ring (bicyclic) bond motifs is 1. The number of nitrogens with zero attached hydrogens (tertiary/aromatic N) is 2. The van der Waals surface area contributed by atoms with Gasteiger partial charge >= 0.3 is 6.18 Å². The molecular weight excluding hydrogens is 365 g/mol. The molecule has 0 N–H and O–H groups in total. The van der Waals surface area contributed by atoms with Gasteiger partial charge in [-0.15, -0.1) is 0 Å². The number of amidine groups is 1. The lowest BCUT2D eigenvalue weighted by atomic mass is 10.1. The molecule has 0 bridgehead atoms. The maximum absolute atomic E-state index is 13.3. The molecule has 2 fully saturated rings. The zero-order valence-corrected chi connectivity index (χ0v) is 14.1. The smallest absolute Gasteiger partial charge is 0.315 e. The molecule has 5 nitrogen and oxygen atoms in total. The number of alkyl halides is 3. The Morgan fingerprint density at radius 1 is 1.29 bits per heavy atom. The molecule has 0 spiro atoms. The predicted molar refractivity (Wildman–Crippen MR) is 85.9 cm³/mol. The number of aliphatic imine (C=N–C) groups is 1. The van der Waals surface area contributed by atoms with E-state index in [0.717, 1.165) is 17.8 Å². The molecule has 1 aromatic carbocycles. The number of carbonyl (C=O) groups is 1. The lowest BCUT2D eigenvalue weighted by Crippen LogP contribution is -2.38. The Labute approximate surface area is 140 Å². The van der Waals surface area contributed by atoms with Gasteiger partial charge in [-0.2, -0.15) is 18.2 Å². The molecule has 2 saturated heterocycles. The minimum absolute atomic E-state index is 0.115. The van der Waals surface area contributed by atoms with Crippen LogP contribution in [0, 0.1) is 0 Å². The summed E-state index contributed by atoms with van der Waals surface area (Å²) >= 11 is 1.04. The van der Waals surface area contributed by atoms with Crippen LogP contribution in [0.25, 0.3) is 0 Å². The van der Waals surface area contributed by atoms with Gasteiger partial charge in [0.1, 0.15) is 0 Å². The Hall–Kier alpha value is -1.55. The summed E-state index contributed by atoms with van der Waals surface area (Å²) in [6.45, 7) is 1.20. The number of hydrogen-bond acceptors (Lipinski definition) is 4. The second kappa shape index (κ2) is 5.76. The van der Waals surface area contributed by atoms with Gasteiger partial charge in [0, 0.05) is 12.2 Å². The SMILES string of the molecule is CC(=O)N=C1S[C@H]2CS(=O)(=O)C[C@@H]2N1c1ccccc1C(F)(F)F. The average molecular weight is 378 g/mol. The van der Waals surface area contributed by atoms with Crippen LogP contribution in [0.4, 0.5) is 18.9 Å². The highest BCUT2D eigenvalue weighted by Gasteiger charge is 2.51. The van der Waals surface area contributed by atoms with E-state index in [-0.39, 0.29) is 22.4 Å². The van der Waals surface area contributed by atoms with Crippen molar-refractivity contribution in [2.24, 2.45) is 4.99 Å². The lowest BCUT2D eigenvalue weighted by molar-refractivity contribution is -0.137. The zero-order valence-electron chi connectivity index (χ0n) is 12.4. The fourth-order valence-electron chi connectivity index (χ4n) is 2.90. The largest absolute Gasteiger partial charge is 0.418 e. The molecule has 0 aliphatic carbocycles. The molecule has 2 heterocycles. The third kappa shape index (κ3) is 3.16. The highest BCUT2D eigenvalue weighted by molar-refractivity contribution is 8.16. The Balaban J connectivity index is 2.14. The number of thioether (sulfide) groups is 1. The maximum Gasteiger partial charge on any atom is 0.418 e. The second-order valence-electron chi connectivity index (χ2n) is 5.60. The summed E-state index contributed by atoms with van der Waals surface area (Å²) in [5, 5.41) is -0.321. The first kappa shape index (κ1) is 17.3. The predicted octanol–water partition coefficient (Wildman–Crippen LogP) is 2.33. The van der Waals surface area contributed by atoms with Crippen molar-refractivity contribution < 1.29 is 26.4 Å². The first-order valence-electron chi connectivity index (χ1n) is 7.00. The average Bonchev–Trinajstić information content (AvgIpc) is 2.88. The molecule has 2 atom stereocenters. The van der Waals surface area contributed by atoms with Crippen LogP contribution in [-0.2, 0) is 20.8 Å². The van der Waals surface area contributed by atoms with Crippen molar-refractivity contribution in [1.82, 2.24) is 0 Å². The van der Waals surface area contributed by atoms with Crippen LogP contribution in [0.2, 0.25) is 0 Å². The van der Waals surface area contributed by atoms with Crippen molar-refractivity contribution >= 4 is 38.4 Å². The number of benzene rings is 1. The minimum atomic E-state index is -4.60. The first-order valence-corrected chi connectivity index (χ1v) is 9.70. The van der Waals surface area contributed by atoms with E-state index in [1.165, 1.54) is 30.0 Å². The number of rotatable bonds is 1. The van der Waals surface area contributed by atoms with Gasteiger partial charge in [-0.3, -0.25) is 4.79 Å². The molecular formula is C14H13F3N2O3S2. The molecule has 0 aromatic heterocycles. The fourth-order valence-corrected chi connectivity index (χ4v) is 6.86. The summed E-state index contributed by atoms with van der Waals surface area (Å²) in [4.78, 5) is 16.4. The van der Waals surface area contributed by atoms with Gasteiger partial charge in [-0.05, 0) is 12.1 Å². The van der Waals surface area contributed by atoms with E-state index in [1.807, 2.05) is 0 Å². The van der Waals surface area contributed by atoms with Crippen LogP contribution < -0.4 is 4.90 Å². The van der Waals surface area contributed by atoms with Crippen molar-refractivity contribution in [2.45, 2.75) is 24.4 Å². The molecule has 24 heavy (non-hydrogen) atoms. The Bertz CT molecular complexity index is 821. The van der Waals surface area contributed by atoms with Crippen molar-refractivity contribution in [3.8, 4) is 0 Å². The van der Waals surface area contributed by atoms with Gasteiger partial charge in [0.2, 0.25) is 5.91 Å². The molecule has 3 rings (SSSR count). The summed E-state index contributed by atoms with van der Waals surface area (Å²) in [5.41, 5.74) is -1.06. The van der Waals surface area contributed by atoms with Crippen molar-refractivity contribution in [2.75, 3.05) is 16.4 Å². The summed E-state index contributed by atoms with van der Waals surface area (Å²) < 4.78 is 63.7. The van der Waals surface area contributed by atoms with E-state index < -0.39 is 38.8 Å². The highest BCUT2D eigenvalue weighted by atomic mass is 32.2. The number of para-hydroxylation sites is 1. The van der Waals surface area contributed by atoms with E-state index >= 15 is 0 Å². The molecule has 130 valence electrons. The zero-order chi connectivity index (χ0) is 17.7. The molecule has 0 saturated carbocycles. The number of hydrogen-bond donors (Lipinski definition) is 0. The highest BCUT2D eigenvalue weighted by Crippen LogP contribution is 2.45. The van der Waals surface area contributed by atoms with Crippen LogP contribution >= 0.6 is 11.8 Å². The molecule has 0 radical (unpaired) electrons. The standard InChI is InChI=1S/C14H13F3N2O3S2/c1-8(20)18-13-19(11-6-24(21,22)7-12(11)23-13)10-5-3-2-4-9(10)14(15,16)17/h2-5,11-12H,6-7H2,1H3/t11-,12-/m0/s1. The molecule has 10 heteroatoms. The quantitative estimate of drug-likeness (QED) is 0.750. The third-order valence-electron chi connectivity index (χ3n) is 3.79. The molecule has 2 aliphatic rings. The number of anilines is 1. The van der Waals surface area contributed by atoms with Crippen LogP contribution in [0.3, 0.4) is 0 Å². The molecule has 0 unspecified atom stereocenters. The topological polar surface area (TPSA) is 66.8 Å². The second-order valence-corrected chi connectivity index (χ2v) is 8.96. The Morgan fingerprint density at radius 3 is 2.58 bits per heavy atom. The third-order valence-corrected chi connectivity index (χ3v) is 7.00. The van der Waals surface area contributed by atoms with Gasteiger partial charge in [0.25, 0.3) is 0 Å². The van der Waals surface area contributed by atoms with Crippen LogP contribution in [0.5, 0.6) is 0 Å². The lowest BCUT2D eigenvalue weighted by Gasteiger charge is -2.27. The molecule has 1 aromatic rings. The summed E-state index contributed by atoms with van der Waals surface area (Å²) in [7, 11) is -3.33. The van der Waals surface area contributed by atoms with Crippen LogP contribution in [0.1, 0.15) is 12.5 Å². The number of carbonyl (C=O) groups excluding carboxylic acids is 1. The van der Waals surface area contributed by atoms with Crippen molar-refractivity contribution in [3.05, 3.63) is 29.8 Å². The van der Waals surface area contributed by atoms with E-state index in [2.05, 4.69) is 4.99 Å². The Kier molecular flexibility index (Phi) is 4.15. The molecule has 1 amide bonds. The number of amides is 1. The number of sulfone groups is 1. The normalized spacial score (nSPS) is 27.5. The van der Waals surface area contributed by atoms with E-state index in [1.54, 1.807) is 0 Å². The van der Waals surface area contributed by atoms with Crippen molar-refractivity contribution in [3.63, 3.8) is 0 Å². The van der Waals surface area contributed by atoms with Gasteiger partial charge in [0.15, 0.2) is 15.0 Å². The van der Waals surface area contributed by atoms with Crippen LogP contribution in [0.15, 0.2) is 29.3 Å². The monoisotopic (exact) mass is 378 g/mol. The van der Waals surface area contributed by atoms with Gasteiger partial charge < -0.3 is 4.90 Å². The fraction of sp³-hybridized carbons (Fsp3) is 0.429. The maximum atomic E-state index is 13.3. The van der Waals surface area contributed by atoms with E-state index in [4.69, 9.17) is 0 Å². The summed E-state index contributed by atoms with van der Waals surface area (Å²) in [6, 6.07) is 4.24. The van der Waals surface area contributed by atoms with Gasteiger partial charge in [-0.1, -0.05) is 23.9 Å². The number of halogens is 3. The Morgan fingerprint density at radius 2 is 1.96 bits per heavy atom. The van der Waals surface area contributed by atoms with Gasteiger partial charge in [0.05, 0.1) is 28.8 Å². The summed E-state index contributed by atoms with van der Waals surface area (Å²) in [6.07, 6.45) is -4.60. The van der Waals surface area contributed by atoms with E-state index in [0.29, 0.717) is 0 Å². The first-order chi connectivity index (χ1) is 11.1. The van der Waals surface area contributed by atoms with Gasteiger partial charge in [-0.25, -0.2) is 8.42 Å². The summed E-state index contributed by atoms with van der Waals surface area (Å²) in [5.74, 6) is -0.938. The van der Waals surface area contributed by atoms with E-state index in [9.17, 15) is 26.4 Å². The minimum Gasteiger partial charge on any atom is -0.315 e. The molecule has 2 aliphatic heterocycles. The van der Waals surface area contributed by atoms with Crippen LogP contribution in [-0.4, -0.2) is 42.3 Å².